The van der Waals surface area contributed by atoms with Crippen molar-refractivity contribution in [3.63, 3.8) is 0 Å². The summed E-state index contributed by atoms with van der Waals surface area (Å²) in [5.74, 6) is 0.652. The third-order valence-corrected chi connectivity index (χ3v) is 4.87. The van der Waals surface area contributed by atoms with Crippen LogP contribution in [-0.2, 0) is 0 Å². The van der Waals surface area contributed by atoms with Crippen molar-refractivity contribution in [3.8, 4) is 11.4 Å². The van der Waals surface area contributed by atoms with Gasteiger partial charge in [-0.05, 0) is 25.2 Å². The van der Waals surface area contributed by atoms with Gasteiger partial charge in [-0.15, -0.1) is 0 Å². The van der Waals surface area contributed by atoms with Crippen LogP contribution >= 0.6 is 0 Å². The summed E-state index contributed by atoms with van der Waals surface area (Å²) in [6, 6.07) is 11.8. The predicted octanol–water partition coefficient (Wildman–Crippen LogP) is 2.53. The number of fused-ring (bicyclic) bond motifs is 1. The highest BCUT2D eigenvalue weighted by Crippen LogP contribution is 2.24. The van der Waals surface area contributed by atoms with Crippen LogP contribution in [0.4, 0.5) is 5.69 Å². The molecule has 0 saturated carbocycles. The number of aromatic amines is 1. The average Bonchev–Trinajstić information content (AvgIpc) is 3.11. The van der Waals surface area contributed by atoms with Crippen molar-refractivity contribution < 1.29 is 9.72 Å². The van der Waals surface area contributed by atoms with Gasteiger partial charge in [0.2, 0.25) is 0 Å². The van der Waals surface area contributed by atoms with Gasteiger partial charge in [-0.1, -0.05) is 12.1 Å². The van der Waals surface area contributed by atoms with Crippen molar-refractivity contribution >= 4 is 22.6 Å². The van der Waals surface area contributed by atoms with Gasteiger partial charge in [-0.3, -0.25) is 14.9 Å². The second kappa shape index (κ2) is 6.81. The van der Waals surface area contributed by atoms with Crippen LogP contribution in [0.3, 0.4) is 0 Å². The minimum absolute atomic E-state index is 0.0193. The molecule has 1 fully saturated rings. The number of nitro benzene ring substituents is 1. The molecule has 0 aliphatic carbocycles. The molecule has 0 unspecified atom stereocenters. The summed E-state index contributed by atoms with van der Waals surface area (Å²) in [5, 5.41) is 10.9. The van der Waals surface area contributed by atoms with Gasteiger partial charge in [0.25, 0.3) is 11.6 Å². The monoisotopic (exact) mass is 365 g/mol. The Kier molecular flexibility index (Phi) is 4.33. The average molecular weight is 365 g/mol. The first-order chi connectivity index (χ1) is 13.0. The van der Waals surface area contributed by atoms with E-state index >= 15 is 0 Å². The highest BCUT2D eigenvalue weighted by atomic mass is 16.6. The van der Waals surface area contributed by atoms with E-state index in [1.807, 2.05) is 17.0 Å². The molecule has 1 aliphatic heterocycles. The molecular formula is C19H19N5O3. The number of nitrogens with one attached hydrogen (secondary N) is 1. The molecular weight excluding hydrogens is 346 g/mol. The van der Waals surface area contributed by atoms with Gasteiger partial charge in [-0.25, -0.2) is 4.98 Å². The number of piperazine rings is 1. The maximum atomic E-state index is 12.6. The summed E-state index contributed by atoms with van der Waals surface area (Å²) < 4.78 is 0. The molecule has 138 valence electrons. The van der Waals surface area contributed by atoms with Crippen LogP contribution in [0.5, 0.6) is 0 Å². The lowest BCUT2D eigenvalue weighted by molar-refractivity contribution is -0.384. The second-order valence-electron chi connectivity index (χ2n) is 6.72. The summed E-state index contributed by atoms with van der Waals surface area (Å²) >= 11 is 0. The molecule has 0 bridgehead atoms. The number of benzene rings is 2. The Morgan fingerprint density at radius 2 is 1.81 bits per heavy atom. The van der Waals surface area contributed by atoms with E-state index < -0.39 is 4.92 Å². The van der Waals surface area contributed by atoms with E-state index in [1.165, 1.54) is 12.1 Å². The number of aromatic nitrogens is 2. The first-order valence-corrected chi connectivity index (χ1v) is 8.74. The molecule has 1 N–H and O–H groups in total. The molecule has 1 saturated heterocycles. The molecule has 2 aromatic carbocycles. The van der Waals surface area contributed by atoms with Crippen molar-refractivity contribution in [1.82, 2.24) is 19.8 Å². The van der Waals surface area contributed by atoms with Crippen molar-refractivity contribution in [1.29, 1.82) is 0 Å². The number of amides is 1. The molecule has 3 aromatic rings. The molecule has 4 rings (SSSR count). The van der Waals surface area contributed by atoms with Gasteiger partial charge in [-0.2, -0.15) is 0 Å². The van der Waals surface area contributed by atoms with Gasteiger partial charge < -0.3 is 14.8 Å². The van der Waals surface area contributed by atoms with Crippen molar-refractivity contribution in [2.24, 2.45) is 0 Å². The number of carbonyl (C=O) groups is 1. The zero-order valence-electron chi connectivity index (χ0n) is 14.9. The number of non-ortho nitro benzene ring substituents is 1. The molecule has 8 heteroatoms. The quantitative estimate of drug-likeness (QED) is 0.568. The fraction of sp³-hybridized carbons (Fsp3) is 0.263. The topological polar surface area (TPSA) is 95.4 Å². The normalized spacial score (nSPS) is 15.2. The summed E-state index contributed by atoms with van der Waals surface area (Å²) in [5.41, 5.74) is 2.76. The van der Waals surface area contributed by atoms with Crippen LogP contribution in [0.15, 0.2) is 42.5 Å². The highest BCUT2D eigenvalue weighted by molar-refractivity contribution is 5.94. The Balaban J connectivity index is 1.56. The standard InChI is InChI=1S/C19H19N5O3/c1-22-8-10-23(11-9-22)19(25)14-4-2-13(3-5-14)18-20-16-7-6-15(24(26)27)12-17(16)21-18/h2-7,12H,8-11H2,1H3,(H,20,21). The number of imidazole rings is 1. The number of hydrogen-bond acceptors (Lipinski definition) is 5. The lowest BCUT2D eigenvalue weighted by Gasteiger charge is -2.32. The number of nitrogens with zero attached hydrogens (tertiary/aromatic N) is 4. The summed E-state index contributed by atoms with van der Waals surface area (Å²) in [6.07, 6.45) is 0. The molecule has 0 atom stereocenters. The molecule has 2 heterocycles. The van der Waals surface area contributed by atoms with Crippen LogP contribution in [0.25, 0.3) is 22.4 Å². The summed E-state index contributed by atoms with van der Waals surface area (Å²) in [7, 11) is 2.05. The van der Waals surface area contributed by atoms with E-state index in [0.29, 0.717) is 22.4 Å². The molecule has 0 spiro atoms. The molecule has 8 nitrogen and oxygen atoms in total. The Morgan fingerprint density at radius 1 is 1.11 bits per heavy atom. The number of rotatable bonds is 3. The van der Waals surface area contributed by atoms with Crippen LogP contribution in [0.2, 0.25) is 0 Å². The smallest absolute Gasteiger partial charge is 0.271 e. The lowest BCUT2D eigenvalue weighted by Crippen LogP contribution is -2.47. The molecule has 27 heavy (non-hydrogen) atoms. The third kappa shape index (κ3) is 3.39. The SMILES string of the molecule is CN1CCN(C(=O)c2ccc(-c3nc4ccc([N+](=O)[O-])cc4[nH]3)cc2)CC1. The zero-order chi connectivity index (χ0) is 19.0. The van der Waals surface area contributed by atoms with E-state index in [2.05, 4.69) is 21.9 Å². The van der Waals surface area contributed by atoms with Crippen molar-refractivity contribution in [2.75, 3.05) is 33.2 Å². The number of carbonyl (C=O) groups excluding carboxylic acids is 1. The number of nitro groups is 1. The highest BCUT2D eigenvalue weighted by Gasteiger charge is 2.20. The van der Waals surface area contributed by atoms with E-state index in [-0.39, 0.29) is 11.6 Å². The number of likely N-dealkylation sites (N-methyl/N-ethyl adjacent to an activating group) is 1. The Labute approximate surface area is 155 Å². The van der Waals surface area contributed by atoms with Crippen LogP contribution in [0, 0.1) is 10.1 Å². The minimum atomic E-state index is -0.432. The summed E-state index contributed by atoms with van der Waals surface area (Å²) in [4.78, 5) is 34.8. The fourth-order valence-electron chi connectivity index (χ4n) is 3.21. The van der Waals surface area contributed by atoms with Gasteiger partial charge >= 0.3 is 0 Å². The molecule has 0 radical (unpaired) electrons. The second-order valence-corrected chi connectivity index (χ2v) is 6.72. The maximum Gasteiger partial charge on any atom is 0.271 e. The molecule has 1 amide bonds. The number of hydrogen-bond donors (Lipinski definition) is 1. The largest absolute Gasteiger partial charge is 0.338 e. The van der Waals surface area contributed by atoms with E-state index in [4.69, 9.17) is 0 Å². The predicted molar refractivity (Wildman–Crippen MR) is 102 cm³/mol. The van der Waals surface area contributed by atoms with E-state index in [9.17, 15) is 14.9 Å². The van der Waals surface area contributed by atoms with Crippen LogP contribution in [0.1, 0.15) is 10.4 Å². The summed E-state index contributed by atoms with van der Waals surface area (Å²) in [6.45, 7) is 3.24. The first kappa shape index (κ1) is 17.2. The van der Waals surface area contributed by atoms with E-state index in [1.54, 1.807) is 18.2 Å². The van der Waals surface area contributed by atoms with Crippen LogP contribution < -0.4 is 0 Å². The third-order valence-electron chi connectivity index (χ3n) is 4.87. The van der Waals surface area contributed by atoms with E-state index in [0.717, 1.165) is 31.7 Å². The van der Waals surface area contributed by atoms with Gasteiger partial charge in [0.15, 0.2) is 0 Å². The first-order valence-electron chi connectivity index (χ1n) is 8.74. The Hall–Kier alpha value is -3.26. The van der Waals surface area contributed by atoms with Crippen molar-refractivity contribution in [2.45, 2.75) is 0 Å². The maximum absolute atomic E-state index is 12.6. The van der Waals surface area contributed by atoms with Gasteiger partial charge in [0, 0.05) is 49.4 Å². The Bertz CT molecular complexity index is 1000. The molecule has 1 aromatic heterocycles. The van der Waals surface area contributed by atoms with Crippen LogP contribution in [-0.4, -0.2) is 63.8 Å². The lowest BCUT2D eigenvalue weighted by atomic mass is 10.1. The molecule has 1 aliphatic rings. The minimum Gasteiger partial charge on any atom is -0.338 e. The van der Waals surface area contributed by atoms with Crippen molar-refractivity contribution in [3.05, 3.63) is 58.1 Å². The zero-order valence-corrected chi connectivity index (χ0v) is 14.9. The fourth-order valence-corrected chi connectivity index (χ4v) is 3.21. The number of H-pyrrole nitrogens is 1. The Morgan fingerprint density at radius 3 is 2.48 bits per heavy atom. The van der Waals surface area contributed by atoms with Gasteiger partial charge in [0.1, 0.15) is 5.82 Å². The van der Waals surface area contributed by atoms with Gasteiger partial charge in [0.05, 0.1) is 16.0 Å².